The molecule has 5 heteroatoms. The highest BCUT2D eigenvalue weighted by molar-refractivity contribution is 5.82. The van der Waals surface area contributed by atoms with Gasteiger partial charge in [0.05, 0.1) is 23.8 Å². The van der Waals surface area contributed by atoms with Gasteiger partial charge in [-0.05, 0) is 31.6 Å². The zero-order chi connectivity index (χ0) is 14.7. The third-order valence-corrected chi connectivity index (χ3v) is 4.94. The molecule has 3 rings (SSSR count). The van der Waals surface area contributed by atoms with Crippen LogP contribution in [0.3, 0.4) is 0 Å². The lowest BCUT2D eigenvalue weighted by Crippen LogP contribution is -2.51. The molecule has 1 amide bonds. The van der Waals surface area contributed by atoms with Crippen LogP contribution >= 0.6 is 0 Å². The molecule has 0 aromatic carbocycles. The van der Waals surface area contributed by atoms with Crippen molar-refractivity contribution in [1.29, 1.82) is 0 Å². The molecule has 2 aliphatic rings. The van der Waals surface area contributed by atoms with Crippen molar-refractivity contribution >= 4 is 5.91 Å². The number of hydrogen-bond donors (Lipinski definition) is 3. The summed E-state index contributed by atoms with van der Waals surface area (Å²) >= 11 is 0. The van der Waals surface area contributed by atoms with Crippen molar-refractivity contribution in [2.24, 2.45) is 5.92 Å². The van der Waals surface area contributed by atoms with E-state index >= 15 is 0 Å². The van der Waals surface area contributed by atoms with Gasteiger partial charge in [0.25, 0.3) is 0 Å². The van der Waals surface area contributed by atoms with Gasteiger partial charge in [0.2, 0.25) is 5.91 Å². The average molecular weight is 290 g/mol. The quantitative estimate of drug-likeness (QED) is 0.793. The molecular formula is C16H26N4O. The maximum absolute atomic E-state index is 12.4. The van der Waals surface area contributed by atoms with Crippen molar-refractivity contribution in [3.63, 3.8) is 0 Å². The predicted octanol–water partition coefficient (Wildman–Crippen LogP) is 1.90. The Balaban J connectivity index is 1.47. The molecule has 21 heavy (non-hydrogen) atoms. The summed E-state index contributed by atoms with van der Waals surface area (Å²) in [5, 5.41) is 6.53. The minimum atomic E-state index is -0.130. The molecule has 116 valence electrons. The van der Waals surface area contributed by atoms with Gasteiger partial charge in [0.15, 0.2) is 0 Å². The van der Waals surface area contributed by atoms with E-state index in [9.17, 15) is 4.79 Å². The third kappa shape index (κ3) is 3.46. The first-order valence-electron chi connectivity index (χ1n) is 8.31. The van der Waals surface area contributed by atoms with Crippen molar-refractivity contribution < 1.29 is 4.79 Å². The Kier molecular flexibility index (Phi) is 4.58. The number of imidazole rings is 1. The number of nitrogens with zero attached hydrogens (tertiary/aromatic N) is 1. The van der Waals surface area contributed by atoms with Crippen LogP contribution in [0.25, 0.3) is 0 Å². The van der Waals surface area contributed by atoms with Crippen LogP contribution in [0.15, 0.2) is 6.33 Å². The van der Waals surface area contributed by atoms with Crippen LogP contribution in [-0.4, -0.2) is 28.0 Å². The topological polar surface area (TPSA) is 69.8 Å². The summed E-state index contributed by atoms with van der Waals surface area (Å²) in [5.74, 6) is 1.02. The molecular weight excluding hydrogens is 264 g/mol. The third-order valence-electron chi connectivity index (χ3n) is 4.94. The Morgan fingerprint density at radius 3 is 2.95 bits per heavy atom. The van der Waals surface area contributed by atoms with E-state index in [1.807, 2.05) is 0 Å². The summed E-state index contributed by atoms with van der Waals surface area (Å²) in [4.78, 5) is 19.8. The molecule has 1 aliphatic carbocycles. The van der Waals surface area contributed by atoms with E-state index < -0.39 is 0 Å². The van der Waals surface area contributed by atoms with E-state index in [-0.39, 0.29) is 11.9 Å². The summed E-state index contributed by atoms with van der Waals surface area (Å²) in [6.07, 6.45) is 9.82. The molecule has 1 atom stereocenters. The van der Waals surface area contributed by atoms with Gasteiger partial charge in [0.1, 0.15) is 0 Å². The molecule has 5 nitrogen and oxygen atoms in total. The number of hydrogen-bond acceptors (Lipinski definition) is 3. The number of carbonyl (C=O) groups excluding carboxylic acids is 1. The fraction of sp³-hybridized carbons (Fsp3) is 0.750. The molecule has 2 heterocycles. The molecule has 0 radical (unpaired) electrons. The van der Waals surface area contributed by atoms with Crippen LogP contribution in [0.5, 0.6) is 0 Å². The number of H-pyrrole nitrogens is 1. The van der Waals surface area contributed by atoms with Gasteiger partial charge in [-0.1, -0.05) is 19.8 Å². The Hall–Kier alpha value is -1.36. The van der Waals surface area contributed by atoms with E-state index in [0.717, 1.165) is 30.1 Å². The van der Waals surface area contributed by atoms with Crippen LogP contribution in [0.2, 0.25) is 0 Å². The normalized spacial score (nSPS) is 28.9. The van der Waals surface area contributed by atoms with Crippen molar-refractivity contribution in [1.82, 2.24) is 20.6 Å². The number of rotatable bonds is 4. The van der Waals surface area contributed by atoms with Crippen molar-refractivity contribution in [3.8, 4) is 0 Å². The van der Waals surface area contributed by atoms with E-state index in [0.29, 0.717) is 19.0 Å². The minimum absolute atomic E-state index is 0.130. The minimum Gasteiger partial charge on any atom is -0.352 e. The fourth-order valence-corrected chi connectivity index (χ4v) is 3.66. The number of aromatic amines is 1. The largest absolute Gasteiger partial charge is 0.352 e. The smallest absolute Gasteiger partial charge is 0.237 e. The van der Waals surface area contributed by atoms with E-state index in [1.165, 1.54) is 25.7 Å². The highest BCUT2D eigenvalue weighted by Gasteiger charge is 2.28. The van der Waals surface area contributed by atoms with Gasteiger partial charge in [0, 0.05) is 19.0 Å². The Morgan fingerprint density at radius 2 is 2.19 bits per heavy atom. The molecule has 0 saturated heterocycles. The molecule has 1 unspecified atom stereocenters. The molecule has 1 saturated carbocycles. The zero-order valence-corrected chi connectivity index (χ0v) is 12.8. The summed E-state index contributed by atoms with van der Waals surface area (Å²) in [6.45, 7) is 2.96. The van der Waals surface area contributed by atoms with Crippen LogP contribution in [0.1, 0.15) is 56.8 Å². The standard InChI is InChI=1S/C16H26N4O/c1-2-3-11-4-6-12(7-5-11)20-16(21)14-8-13-15(9-17-14)19-10-18-13/h10-12,14,17H,2-9H2,1H3,(H,18,19)(H,20,21). The second kappa shape index (κ2) is 6.60. The lowest BCUT2D eigenvalue weighted by molar-refractivity contribution is -0.124. The monoisotopic (exact) mass is 290 g/mol. The lowest BCUT2D eigenvalue weighted by atomic mass is 9.83. The van der Waals surface area contributed by atoms with Gasteiger partial charge in [-0.15, -0.1) is 0 Å². The van der Waals surface area contributed by atoms with Crippen LogP contribution < -0.4 is 10.6 Å². The summed E-state index contributed by atoms with van der Waals surface area (Å²) in [7, 11) is 0. The second-order valence-electron chi connectivity index (χ2n) is 6.48. The highest BCUT2D eigenvalue weighted by atomic mass is 16.2. The molecule has 1 aromatic rings. The van der Waals surface area contributed by atoms with E-state index in [1.54, 1.807) is 6.33 Å². The molecule has 0 spiro atoms. The zero-order valence-electron chi connectivity index (χ0n) is 12.8. The molecule has 0 bridgehead atoms. The van der Waals surface area contributed by atoms with E-state index in [4.69, 9.17) is 0 Å². The molecule has 1 aliphatic heterocycles. The predicted molar refractivity (Wildman–Crippen MR) is 81.7 cm³/mol. The number of carbonyl (C=O) groups is 1. The van der Waals surface area contributed by atoms with Crippen molar-refractivity contribution in [2.45, 2.75) is 70.5 Å². The molecule has 3 N–H and O–H groups in total. The Bertz CT molecular complexity index is 476. The van der Waals surface area contributed by atoms with Crippen molar-refractivity contribution in [3.05, 3.63) is 17.7 Å². The Morgan fingerprint density at radius 1 is 1.38 bits per heavy atom. The Labute approximate surface area is 126 Å². The average Bonchev–Trinajstić information content (AvgIpc) is 2.97. The summed E-state index contributed by atoms with van der Waals surface area (Å²) in [6, 6.07) is 0.238. The number of amides is 1. The molecule has 1 aromatic heterocycles. The highest BCUT2D eigenvalue weighted by Crippen LogP contribution is 2.27. The van der Waals surface area contributed by atoms with Gasteiger partial charge in [-0.25, -0.2) is 4.98 Å². The van der Waals surface area contributed by atoms with Gasteiger partial charge in [-0.2, -0.15) is 0 Å². The fourth-order valence-electron chi connectivity index (χ4n) is 3.66. The van der Waals surface area contributed by atoms with Crippen LogP contribution in [0.4, 0.5) is 0 Å². The van der Waals surface area contributed by atoms with Gasteiger partial charge < -0.3 is 10.3 Å². The summed E-state index contributed by atoms with van der Waals surface area (Å²) in [5.41, 5.74) is 2.14. The summed E-state index contributed by atoms with van der Waals surface area (Å²) < 4.78 is 0. The first-order chi connectivity index (χ1) is 10.3. The first kappa shape index (κ1) is 14.6. The maximum Gasteiger partial charge on any atom is 0.237 e. The molecule has 1 fully saturated rings. The number of fused-ring (bicyclic) bond motifs is 1. The maximum atomic E-state index is 12.4. The van der Waals surface area contributed by atoms with Crippen LogP contribution in [0, 0.1) is 5.92 Å². The number of aromatic nitrogens is 2. The van der Waals surface area contributed by atoms with Gasteiger partial charge >= 0.3 is 0 Å². The first-order valence-corrected chi connectivity index (χ1v) is 8.31. The number of nitrogens with one attached hydrogen (secondary N) is 3. The SMILES string of the molecule is CCCC1CCC(NC(=O)C2Cc3nc[nH]c3CN2)CC1. The van der Waals surface area contributed by atoms with Gasteiger partial charge in [-0.3, -0.25) is 10.1 Å². The second-order valence-corrected chi connectivity index (χ2v) is 6.48. The van der Waals surface area contributed by atoms with Crippen molar-refractivity contribution in [2.75, 3.05) is 0 Å². The lowest BCUT2D eigenvalue weighted by Gasteiger charge is -2.31. The van der Waals surface area contributed by atoms with Crippen LogP contribution in [-0.2, 0) is 17.8 Å². The van der Waals surface area contributed by atoms with E-state index in [2.05, 4.69) is 27.5 Å².